The monoisotopic (exact) mass is 616 g/mol. The maximum Gasteiger partial charge on any atom is 0.160 e. The van der Waals surface area contributed by atoms with Crippen LogP contribution < -0.4 is 0 Å². The lowest BCUT2D eigenvalue weighted by Crippen LogP contribution is -2.14. The van der Waals surface area contributed by atoms with E-state index >= 15 is 0 Å². The smallest absolute Gasteiger partial charge is 0.160 e. The SMILES string of the molecule is CC1(C)c2ccccc2-c2cc3c4ccccc4n(-c4cccc(-c5nc(C6=CC(C#N)CC=C6)cc(-c6ccccc6)n5)c4)c3cc21. The Balaban J connectivity index is 1.25. The van der Waals surface area contributed by atoms with E-state index in [1.54, 1.807) is 0 Å². The summed E-state index contributed by atoms with van der Waals surface area (Å²) in [7, 11) is 0. The van der Waals surface area contributed by atoms with Crippen LogP contribution in [0.5, 0.6) is 0 Å². The first kappa shape index (κ1) is 28.2. The molecule has 0 saturated heterocycles. The van der Waals surface area contributed by atoms with Gasteiger partial charge in [-0.3, -0.25) is 0 Å². The quantitative estimate of drug-likeness (QED) is 0.198. The molecule has 0 spiro atoms. The Labute approximate surface area is 280 Å². The Morgan fingerprint density at radius 3 is 2.33 bits per heavy atom. The molecule has 0 N–H and O–H groups in total. The molecule has 0 aliphatic heterocycles. The number of benzene rings is 5. The van der Waals surface area contributed by atoms with Crippen LogP contribution in [0.25, 0.3) is 66.8 Å². The van der Waals surface area contributed by atoms with Crippen LogP contribution >= 0.6 is 0 Å². The number of nitrogens with zero attached hydrogens (tertiary/aromatic N) is 4. The maximum atomic E-state index is 9.65. The highest BCUT2D eigenvalue weighted by Gasteiger charge is 2.36. The van der Waals surface area contributed by atoms with Gasteiger partial charge in [-0.05, 0) is 70.6 Å². The van der Waals surface area contributed by atoms with E-state index in [0.29, 0.717) is 5.82 Å². The van der Waals surface area contributed by atoms with Crippen molar-refractivity contribution >= 4 is 27.4 Å². The molecule has 1 atom stereocenters. The van der Waals surface area contributed by atoms with Crippen LogP contribution in [-0.4, -0.2) is 14.5 Å². The zero-order valence-corrected chi connectivity index (χ0v) is 26.9. The lowest BCUT2D eigenvalue weighted by Gasteiger charge is -2.21. The normalized spacial score (nSPS) is 16.0. The lowest BCUT2D eigenvalue weighted by molar-refractivity contribution is 0.661. The minimum atomic E-state index is -0.165. The first-order valence-electron chi connectivity index (χ1n) is 16.5. The summed E-state index contributed by atoms with van der Waals surface area (Å²) >= 11 is 0. The number of para-hydroxylation sites is 1. The first-order chi connectivity index (χ1) is 23.5. The van der Waals surface area contributed by atoms with Gasteiger partial charge in [-0.2, -0.15) is 5.26 Å². The topological polar surface area (TPSA) is 54.5 Å². The molecule has 228 valence electrons. The summed E-state index contributed by atoms with van der Waals surface area (Å²) in [5.74, 6) is 0.487. The molecule has 5 aromatic carbocycles. The third-order valence-electron chi connectivity index (χ3n) is 10.1. The maximum absolute atomic E-state index is 9.65. The average molecular weight is 617 g/mol. The van der Waals surface area contributed by atoms with Crippen molar-refractivity contribution in [3.05, 3.63) is 156 Å². The third kappa shape index (κ3) is 4.36. The molecule has 48 heavy (non-hydrogen) atoms. The molecule has 0 fully saturated rings. The van der Waals surface area contributed by atoms with Gasteiger partial charge in [0, 0.05) is 33.0 Å². The summed E-state index contributed by atoms with van der Waals surface area (Å²) in [5.41, 5.74) is 13.3. The van der Waals surface area contributed by atoms with E-state index in [1.807, 2.05) is 30.3 Å². The summed E-state index contributed by atoms with van der Waals surface area (Å²) in [4.78, 5) is 10.2. The fourth-order valence-electron chi connectivity index (χ4n) is 7.65. The van der Waals surface area contributed by atoms with Gasteiger partial charge in [0.1, 0.15) is 0 Å². The number of nitriles is 1. The molecular weight excluding hydrogens is 585 g/mol. The van der Waals surface area contributed by atoms with Gasteiger partial charge in [0.15, 0.2) is 5.82 Å². The van der Waals surface area contributed by atoms with Gasteiger partial charge >= 0.3 is 0 Å². The Hall–Kier alpha value is -6.05. The molecular formula is C44H32N4. The molecule has 0 radical (unpaired) electrons. The van der Waals surface area contributed by atoms with E-state index in [0.717, 1.165) is 40.2 Å². The van der Waals surface area contributed by atoms with E-state index < -0.39 is 0 Å². The molecule has 2 aromatic heterocycles. The van der Waals surface area contributed by atoms with Gasteiger partial charge in [0.2, 0.25) is 0 Å². The van der Waals surface area contributed by atoms with E-state index in [2.05, 4.69) is 134 Å². The van der Waals surface area contributed by atoms with Crippen molar-refractivity contribution in [2.45, 2.75) is 25.7 Å². The van der Waals surface area contributed by atoms with Crippen molar-refractivity contribution < 1.29 is 0 Å². The van der Waals surface area contributed by atoms with Crippen molar-refractivity contribution in [2.24, 2.45) is 5.92 Å². The van der Waals surface area contributed by atoms with Crippen LogP contribution in [0.4, 0.5) is 0 Å². The number of hydrogen-bond donors (Lipinski definition) is 0. The number of fused-ring (bicyclic) bond motifs is 6. The Morgan fingerprint density at radius 2 is 1.46 bits per heavy atom. The highest BCUT2D eigenvalue weighted by atomic mass is 15.0. The van der Waals surface area contributed by atoms with Crippen LogP contribution in [0.1, 0.15) is 37.1 Å². The van der Waals surface area contributed by atoms with Crippen LogP contribution in [0.3, 0.4) is 0 Å². The molecule has 9 rings (SSSR count). The zero-order chi connectivity index (χ0) is 32.4. The molecule has 4 nitrogen and oxygen atoms in total. The van der Waals surface area contributed by atoms with Gasteiger partial charge in [-0.1, -0.05) is 117 Å². The number of rotatable bonds is 4. The standard InChI is InChI=1S/C44H32N4/c1-44(2)37-20-8-6-18-33(37)35-24-36-34-19-7-9-21-41(34)48(42(36)25-38(35)44)32-17-11-16-31(23-32)43-46-39(29-13-4-3-5-14-29)26-40(47-43)30-15-10-12-28(22-30)27-45/h3-11,13-26,28H,12H2,1-2H3. The van der Waals surface area contributed by atoms with Gasteiger partial charge in [-0.25, -0.2) is 9.97 Å². The Morgan fingerprint density at radius 1 is 0.688 bits per heavy atom. The van der Waals surface area contributed by atoms with Crippen molar-refractivity contribution in [2.75, 3.05) is 0 Å². The minimum absolute atomic E-state index is 0.0990. The Kier molecular flexibility index (Phi) is 6.32. The molecule has 2 aliphatic carbocycles. The van der Waals surface area contributed by atoms with Crippen LogP contribution in [0.15, 0.2) is 140 Å². The predicted octanol–water partition coefficient (Wildman–Crippen LogP) is 10.7. The molecule has 0 amide bonds. The fourth-order valence-corrected chi connectivity index (χ4v) is 7.65. The molecule has 7 aromatic rings. The lowest BCUT2D eigenvalue weighted by atomic mass is 9.82. The van der Waals surface area contributed by atoms with Gasteiger partial charge in [0.05, 0.1) is 34.4 Å². The van der Waals surface area contributed by atoms with Gasteiger partial charge in [0.25, 0.3) is 0 Å². The second-order valence-corrected chi connectivity index (χ2v) is 13.3. The zero-order valence-electron chi connectivity index (χ0n) is 26.9. The summed E-state index contributed by atoms with van der Waals surface area (Å²) in [5, 5.41) is 12.1. The van der Waals surface area contributed by atoms with Crippen molar-refractivity contribution in [3.8, 4) is 45.5 Å². The minimum Gasteiger partial charge on any atom is -0.309 e. The highest BCUT2D eigenvalue weighted by molar-refractivity contribution is 6.11. The van der Waals surface area contributed by atoms with Gasteiger partial charge < -0.3 is 4.57 Å². The summed E-state index contributed by atoms with van der Waals surface area (Å²) < 4.78 is 2.39. The second kappa shape index (κ2) is 10.8. The van der Waals surface area contributed by atoms with E-state index in [9.17, 15) is 5.26 Å². The van der Waals surface area contributed by atoms with Gasteiger partial charge in [-0.15, -0.1) is 0 Å². The molecule has 2 aliphatic rings. The molecule has 4 heteroatoms. The van der Waals surface area contributed by atoms with Crippen LogP contribution in [0.2, 0.25) is 0 Å². The van der Waals surface area contributed by atoms with Crippen molar-refractivity contribution in [3.63, 3.8) is 0 Å². The summed E-state index contributed by atoms with van der Waals surface area (Å²) in [6, 6.07) is 45.6. The summed E-state index contributed by atoms with van der Waals surface area (Å²) in [6.07, 6.45) is 6.87. The number of hydrogen-bond acceptors (Lipinski definition) is 3. The molecule has 1 unspecified atom stereocenters. The first-order valence-corrected chi connectivity index (χ1v) is 16.5. The van der Waals surface area contributed by atoms with E-state index in [-0.39, 0.29) is 11.3 Å². The molecule has 0 saturated carbocycles. The third-order valence-corrected chi connectivity index (χ3v) is 10.1. The van der Waals surface area contributed by atoms with Crippen molar-refractivity contribution in [1.82, 2.24) is 14.5 Å². The highest BCUT2D eigenvalue weighted by Crippen LogP contribution is 2.51. The molecule has 0 bridgehead atoms. The summed E-state index contributed by atoms with van der Waals surface area (Å²) in [6.45, 7) is 4.67. The fraction of sp³-hybridized carbons (Fsp3) is 0.114. The van der Waals surface area contributed by atoms with Crippen LogP contribution in [-0.2, 0) is 5.41 Å². The average Bonchev–Trinajstić information content (AvgIpc) is 3.59. The van der Waals surface area contributed by atoms with Crippen LogP contribution in [0, 0.1) is 17.2 Å². The predicted molar refractivity (Wildman–Crippen MR) is 196 cm³/mol. The van der Waals surface area contributed by atoms with E-state index in [4.69, 9.17) is 9.97 Å². The number of allylic oxidation sites excluding steroid dienone is 4. The van der Waals surface area contributed by atoms with E-state index in [1.165, 1.54) is 44.1 Å². The number of aromatic nitrogens is 3. The Bertz CT molecular complexity index is 2520. The second-order valence-electron chi connectivity index (χ2n) is 13.3. The largest absolute Gasteiger partial charge is 0.309 e. The molecule has 2 heterocycles. The van der Waals surface area contributed by atoms with Crippen molar-refractivity contribution in [1.29, 1.82) is 5.26 Å².